The third-order valence-electron chi connectivity index (χ3n) is 6.44. The first-order valence-corrected chi connectivity index (χ1v) is 11.2. The Morgan fingerprint density at radius 3 is 2.79 bits per heavy atom. The molecule has 0 spiro atoms. The maximum absolute atomic E-state index is 14.2. The molecule has 0 saturated carbocycles. The first kappa shape index (κ1) is 22.2. The Hall–Kier alpha value is -3.65. The lowest BCUT2D eigenvalue weighted by Crippen LogP contribution is -2.45. The van der Waals surface area contributed by atoms with E-state index < -0.39 is 34.9 Å². The van der Waals surface area contributed by atoms with E-state index in [1.807, 2.05) is 12.1 Å². The molecule has 2 aromatic carbocycles. The molecule has 0 aliphatic carbocycles. The third kappa shape index (κ3) is 3.64. The molecule has 1 atom stereocenters. The minimum atomic E-state index is -0.947. The maximum atomic E-state index is 14.2. The highest BCUT2D eigenvalue weighted by Crippen LogP contribution is 2.35. The zero-order valence-corrected chi connectivity index (χ0v) is 19.0. The lowest BCUT2D eigenvalue weighted by atomic mass is 9.97. The van der Waals surface area contributed by atoms with Gasteiger partial charge in [-0.1, -0.05) is 29.8 Å². The molecule has 0 fully saturated rings. The summed E-state index contributed by atoms with van der Waals surface area (Å²) in [5.74, 6) is -2.48. The topological polar surface area (TPSA) is 91.6 Å². The van der Waals surface area contributed by atoms with E-state index in [0.29, 0.717) is 24.5 Å². The second kappa shape index (κ2) is 8.29. The Labute approximate surface area is 199 Å². The number of aryl methyl sites for hydroxylation is 1. The number of carbonyl (C=O) groups is 2. The highest BCUT2D eigenvalue weighted by molar-refractivity contribution is 6.30. The number of aromatic nitrogens is 1. The van der Waals surface area contributed by atoms with Crippen LogP contribution in [0.5, 0.6) is 5.75 Å². The Morgan fingerprint density at radius 2 is 2.03 bits per heavy atom. The quantitative estimate of drug-likeness (QED) is 0.601. The van der Waals surface area contributed by atoms with Gasteiger partial charge in [0.1, 0.15) is 11.4 Å². The van der Waals surface area contributed by atoms with E-state index >= 15 is 0 Å². The molecular weight excluding hydrogens is 461 g/mol. The standard InChI is InChI=1S/C25H21ClFN3O4/c1-13-2-3-15(19(27)8-13)10-28-24(33)18-11-30-20-12-29(25(34)21(30)23(32)22(18)31)7-6-14-9-16(26)4-5-17(14)20/h2-5,8-9,11,20,32H,6-7,10,12H2,1H3,(H,28,33)/t20-/m0/s1. The SMILES string of the molecule is Cc1ccc(CNC(=O)c2cn3c(c(O)c2=O)C(=O)N2CCc4cc(Cl)ccc4[C@@H]3C2)c(F)c1. The summed E-state index contributed by atoms with van der Waals surface area (Å²) >= 11 is 6.17. The minimum Gasteiger partial charge on any atom is -0.503 e. The van der Waals surface area contributed by atoms with Crippen molar-refractivity contribution in [2.45, 2.75) is 25.9 Å². The summed E-state index contributed by atoms with van der Waals surface area (Å²) in [7, 11) is 0. The molecule has 34 heavy (non-hydrogen) atoms. The molecule has 2 bridgehead atoms. The predicted octanol–water partition coefficient (Wildman–Crippen LogP) is 3.19. The average Bonchev–Trinajstić information content (AvgIpc) is 2.96. The van der Waals surface area contributed by atoms with Crippen molar-refractivity contribution in [3.63, 3.8) is 0 Å². The predicted molar refractivity (Wildman–Crippen MR) is 124 cm³/mol. The molecule has 9 heteroatoms. The Morgan fingerprint density at radius 1 is 1.24 bits per heavy atom. The van der Waals surface area contributed by atoms with Crippen molar-refractivity contribution >= 4 is 23.4 Å². The molecule has 1 aromatic heterocycles. The van der Waals surface area contributed by atoms with Crippen LogP contribution in [0.25, 0.3) is 0 Å². The largest absolute Gasteiger partial charge is 0.503 e. The highest BCUT2D eigenvalue weighted by Gasteiger charge is 2.38. The fraction of sp³-hybridized carbons (Fsp3) is 0.240. The molecule has 0 saturated heterocycles. The van der Waals surface area contributed by atoms with Gasteiger partial charge in [0.2, 0.25) is 5.43 Å². The fourth-order valence-electron chi connectivity index (χ4n) is 4.65. The van der Waals surface area contributed by atoms with Gasteiger partial charge in [-0.15, -0.1) is 0 Å². The van der Waals surface area contributed by atoms with Crippen LogP contribution in [0.1, 0.15) is 49.1 Å². The van der Waals surface area contributed by atoms with Gasteiger partial charge in [-0.25, -0.2) is 4.39 Å². The summed E-state index contributed by atoms with van der Waals surface area (Å²) in [5, 5.41) is 13.8. The van der Waals surface area contributed by atoms with Crippen LogP contribution in [0.4, 0.5) is 4.39 Å². The molecule has 2 aliphatic rings. The van der Waals surface area contributed by atoms with E-state index in [2.05, 4.69) is 5.32 Å². The van der Waals surface area contributed by atoms with Crippen LogP contribution in [0.15, 0.2) is 47.4 Å². The Bertz CT molecular complexity index is 1420. The van der Waals surface area contributed by atoms with E-state index in [-0.39, 0.29) is 23.4 Å². The lowest BCUT2D eigenvalue weighted by Gasteiger charge is -2.35. The van der Waals surface area contributed by atoms with Gasteiger partial charge in [0.15, 0.2) is 11.4 Å². The monoisotopic (exact) mass is 481 g/mol. The van der Waals surface area contributed by atoms with Gasteiger partial charge >= 0.3 is 0 Å². The minimum absolute atomic E-state index is 0.135. The van der Waals surface area contributed by atoms with Crippen LogP contribution in [-0.4, -0.2) is 39.5 Å². The van der Waals surface area contributed by atoms with Gasteiger partial charge in [-0.05, 0) is 48.2 Å². The smallest absolute Gasteiger partial charge is 0.274 e. The normalized spacial score (nSPS) is 16.5. The molecule has 3 heterocycles. The fourth-order valence-corrected chi connectivity index (χ4v) is 4.84. The zero-order valence-electron chi connectivity index (χ0n) is 18.3. The highest BCUT2D eigenvalue weighted by atomic mass is 35.5. The maximum Gasteiger partial charge on any atom is 0.274 e. The number of pyridine rings is 1. The van der Waals surface area contributed by atoms with E-state index in [9.17, 15) is 23.9 Å². The second-order valence-corrected chi connectivity index (χ2v) is 9.05. The molecule has 5 rings (SSSR count). The molecule has 0 radical (unpaired) electrons. The number of carbonyl (C=O) groups excluding carboxylic acids is 2. The molecule has 174 valence electrons. The van der Waals surface area contributed by atoms with Crippen LogP contribution in [-0.2, 0) is 13.0 Å². The number of rotatable bonds is 3. The number of fused-ring (bicyclic) bond motifs is 6. The second-order valence-electron chi connectivity index (χ2n) is 8.61. The van der Waals surface area contributed by atoms with Crippen molar-refractivity contribution < 1.29 is 19.1 Å². The van der Waals surface area contributed by atoms with Crippen LogP contribution < -0.4 is 10.7 Å². The summed E-state index contributed by atoms with van der Waals surface area (Å²) < 4.78 is 15.6. The number of hydrogen-bond donors (Lipinski definition) is 2. The molecule has 3 aromatic rings. The van der Waals surface area contributed by atoms with Gasteiger partial charge < -0.3 is 19.9 Å². The summed E-state index contributed by atoms with van der Waals surface area (Å²) in [6.45, 7) is 2.37. The van der Waals surface area contributed by atoms with Crippen LogP contribution in [0.3, 0.4) is 0 Å². The Kier molecular flexibility index (Phi) is 5.40. The summed E-state index contributed by atoms with van der Waals surface area (Å²) in [4.78, 5) is 40.4. The number of nitrogens with one attached hydrogen (secondary N) is 1. The summed E-state index contributed by atoms with van der Waals surface area (Å²) in [5.41, 5.74) is 1.45. The summed E-state index contributed by atoms with van der Waals surface area (Å²) in [6, 6.07) is 9.68. The van der Waals surface area contributed by atoms with Crippen molar-refractivity contribution in [2.24, 2.45) is 0 Å². The number of amides is 2. The van der Waals surface area contributed by atoms with Gasteiger partial charge in [0.25, 0.3) is 11.8 Å². The Balaban J connectivity index is 1.55. The number of halogens is 2. The molecule has 0 unspecified atom stereocenters. The molecule has 2 amide bonds. The molecule has 2 N–H and O–H groups in total. The van der Waals surface area contributed by atoms with Crippen molar-refractivity contribution in [3.05, 3.63) is 97.2 Å². The van der Waals surface area contributed by atoms with Crippen LogP contribution in [0.2, 0.25) is 5.02 Å². The van der Waals surface area contributed by atoms with E-state index in [1.54, 1.807) is 30.0 Å². The molecule has 2 aliphatic heterocycles. The first-order chi connectivity index (χ1) is 16.2. The number of nitrogens with zero attached hydrogens (tertiary/aromatic N) is 2. The van der Waals surface area contributed by atoms with Crippen molar-refractivity contribution in [1.29, 1.82) is 0 Å². The average molecular weight is 482 g/mol. The van der Waals surface area contributed by atoms with E-state index in [1.165, 1.54) is 16.8 Å². The molecular formula is C25H21ClFN3O4. The number of hydrogen-bond acceptors (Lipinski definition) is 4. The lowest BCUT2D eigenvalue weighted by molar-refractivity contribution is 0.0686. The van der Waals surface area contributed by atoms with Crippen LogP contribution >= 0.6 is 11.6 Å². The molecule has 7 nitrogen and oxygen atoms in total. The van der Waals surface area contributed by atoms with Crippen LogP contribution in [0, 0.1) is 12.7 Å². The van der Waals surface area contributed by atoms with Gasteiger partial charge in [0.05, 0.1) is 6.04 Å². The van der Waals surface area contributed by atoms with E-state index in [4.69, 9.17) is 11.6 Å². The van der Waals surface area contributed by atoms with Crippen molar-refractivity contribution in [2.75, 3.05) is 13.1 Å². The van der Waals surface area contributed by atoms with Gasteiger partial charge in [-0.2, -0.15) is 0 Å². The van der Waals surface area contributed by atoms with Gasteiger partial charge in [-0.3, -0.25) is 14.4 Å². The first-order valence-electron chi connectivity index (χ1n) is 10.8. The zero-order chi connectivity index (χ0) is 24.1. The summed E-state index contributed by atoms with van der Waals surface area (Å²) in [6.07, 6.45) is 1.88. The number of benzene rings is 2. The van der Waals surface area contributed by atoms with Gasteiger partial charge in [0, 0.05) is 36.4 Å². The third-order valence-corrected chi connectivity index (χ3v) is 6.67. The van der Waals surface area contributed by atoms with Crippen molar-refractivity contribution in [1.82, 2.24) is 14.8 Å². The van der Waals surface area contributed by atoms with E-state index in [0.717, 1.165) is 16.7 Å². The van der Waals surface area contributed by atoms with Crippen molar-refractivity contribution in [3.8, 4) is 5.75 Å². The number of aromatic hydroxyl groups is 1.